The number of amides is 1. The summed E-state index contributed by atoms with van der Waals surface area (Å²) in [6.07, 6.45) is 1.72. The van der Waals surface area contributed by atoms with Crippen LogP contribution in [0.2, 0.25) is 0 Å². The Morgan fingerprint density at radius 3 is 2.60 bits per heavy atom. The molecule has 0 aliphatic rings. The van der Waals surface area contributed by atoms with E-state index in [0.717, 1.165) is 17.5 Å². The number of aryl methyl sites for hydroxylation is 1. The molecule has 2 rings (SSSR count). The molecule has 0 saturated heterocycles. The summed E-state index contributed by atoms with van der Waals surface area (Å²) in [5, 5.41) is 5.04. The van der Waals surface area contributed by atoms with Crippen LogP contribution in [0.4, 0.5) is 5.69 Å². The van der Waals surface area contributed by atoms with Crippen molar-refractivity contribution in [2.45, 2.75) is 13.3 Å². The Balaban J connectivity index is 2.70. The van der Waals surface area contributed by atoms with Gasteiger partial charge in [0.2, 0.25) is 6.41 Å². The summed E-state index contributed by atoms with van der Waals surface area (Å²) in [7, 11) is 0. The van der Waals surface area contributed by atoms with E-state index in [1.807, 2.05) is 24.3 Å². The Bertz CT molecular complexity index is 491. The van der Waals surface area contributed by atoms with Crippen molar-refractivity contribution in [2.24, 2.45) is 0 Å². The molecule has 1 amide bonds. The van der Waals surface area contributed by atoms with Gasteiger partial charge < -0.3 is 5.32 Å². The third-order valence-corrected chi connectivity index (χ3v) is 2.61. The number of hydrogen-bond donors (Lipinski definition) is 1. The molecule has 0 atom stereocenters. The zero-order valence-electron chi connectivity index (χ0n) is 8.66. The van der Waals surface area contributed by atoms with Crippen LogP contribution in [0.15, 0.2) is 36.4 Å². The fourth-order valence-corrected chi connectivity index (χ4v) is 1.87. The van der Waals surface area contributed by atoms with Gasteiger partial charge in [-0.2, -0.15) is 0 Å². The molecule has 2 heteroatoms. The quantitative estimate of drug-likeness (QED) is 0.756. The van der Waals surface area contributed by atoms with Crippen molar-refractivity contribution in [1.29, 1.82) is 0 Å². The fraction of sp³-hybridized carbons (Fsp3) is 0.154. The van der Waals surface area contributed by atoms with Crippen molar-refractivity contribution in [1.82, 2.24) is 0 Å². The number of rotatable bonds is 3. The first-order valence-corrected chi connectivity index (χ1v) is 5.07. The highest BCUT2D eigenvalue weighted by Crippen LogP contribution is 2.25. The van der Waals surface area contributed by atoms with E-state index in [9.17, 15) is 4.79 Å². The van der Waals surface area contributed by atoms with Crippen molar-refractivity contribution in [3.63, 3.8) is 0 Å². The van der Waals surface area contributed by atoms with Gasteiger partial charge in [-0.25, -0.2) is 0 Å². The Labute approximate surface area is 88.9 Å². The highest BCUT2D eigenvalue weighted by molar-refractivity contribution is 5.98. The minimum atomic E-state index is 0.716. The van der Waals surface area contributed by atoms with E-state index in [2.05, 4.69) is 24.4 Å². The maximum Gasteiger partial charge on any atom is 0.211 e. The molecule has 76 valence electrons. The van der Waals surface area contributed by atoms with E-state index in [4.69, 9.17) is 0 Å². The maximum atomic E-state index is 10.5. The van der Waals surface area contributed by atoms with E-state index in [-0.39, 0.29) is 0 Å². The zero-order chi connectivity index (χ0) is 10.7. The molecular weight excluding hydrogens is 186 g/mol. The monoisotopic (exact) mass is 199 g/mol. The van der Waals surface area contributed by atoms with Crippen LogP contribution in [0.3, 0.4) is 0 Å². The van der Waals surface area contributed by atoms with Gasteiger partial charge in [0.15, 0.2) is 0 Å². The lowest BCUT2D eigenvalue weighted by Gasteiger charge is -2.08. The van der Waals surface area contributed by atoms with E-state index < -0.39 is 0 Å². The number of benzene rings is 2. The first-order valence-electron chi connectivity index (χ1n) is 5.07. The summed E-state index contributed by atoms with van der Waals surface area (Å²) >= 11 is 0. The molecule has 1 N–H and O–H groups in total. The standard InChI is InChI=1S/C13H13NO/c1-2-10-5-3-7-12-11(10)6-4-8-13(12)14-9-15/h3-9H,2H2,1H3,(H,14,15). The van der Waals surface area contributed by atoms with Crippen LogP contribution in [0, 0.1) is 0 Å². The molecule has 0 radical (unpaired) electrons. The third-order valence-electron chi connectivity index (χ3n) is 2.61. The Morgan fingerprint density at radius 1 is 1.13 bits per heavy atom. The normalized spacial score (nSPS) is 10.2. The van der Waals surface area contributed by atoms with E-state index >= 15 is 0 Å². The van der Waals surface area contributed by atoms with Crippen LogP contribution in [-0.4, -0.2) is 6.41 Å². The number of anilines is 1. The molecule has 0 spiro atoms. The second kappa shape index (κ2) is 4.13. The molecule has 0 unspecified atom stereocenters. The van der Waals surface area contributed by atoms with Crippen LogP contribution in [0.25, 0.3) is 10.8 Å². The molecule has 0 aliphatic heterocycles. The van der Waals surface area contributed by atoms with Crippen LogP contribution in [-0.2, 0) is 11.2 Å². The van der Waals surface area contributed by atoms with Crippen LogP contribution in [0.5, 0.6) is 0 Å². The van der Waals surface area contributed by atoms with E-state index in [1.54, 1.807) is 0 Å². The molecule has 0 saturated carbocycles. The highest BCUT2D eigenvalue weighted by atomic mass is 16.1. The number of nitrogens with one attached hydrogen (secondary N) is 1. The lowest BCUT2D eigenvalue weighted by atomic mass is 10.0. The van der Waals surface area contributed by atoms with Crippen molar-refractivity contribution in [3.05, 3.63) is 42.0 Å². The van der Waals surface area contributed by atoms with Gasteiger partial charge in [0, 0.05) is 11.1 Å². The number of carbonyl (C=O) groups is 1. The van der Waals surface area contributed by atoms with Crippen molar-refractivity contribution in [2.75, 3.05) is 5.32 Å². The lowest BCUT2D eigenvalue weighted by molar-refractivity contribution is -0.105. The molecule has 2 aromatic rings. The molecule has 0 bridgehead atoms. The van der Waals surface area contributed by atoms with Gasteiger partial charge in [0.05, 0.1) is 0 Å². The van der Waals surface area contributed by atoms with Crippen LogP contribution < -0.4 is 5.32 Å². The Morgan fingerprint density at radius 2 is 1.87 bits per heavy atom. The minimum absolute atomic E-state index is 0.716. The van der Waals surface area contributed by atoms with Gasteiger partial charge in [-0.05, 0) is 23.4 Å². The Kier molecular flexibility index (Phi) is 2.68. The zero-order valence-corrected chi connectivity index (χ0v) is 8.66. The molecule has 2 nitrogen and oxygen atoms in total. The number of fused-ring (bicyclic) bond motifs is 1. The van der Waals surface area contributed by atoms with Gasteiger partial charge in [-0.15, -0.1) is 0 Å². The summed E-state index contributed by atoms with van der Waals surface area (Å²) in [6, 6.07) is 12.1. The van der Waals surface area contributed by atoms with Gasteiger partial charge in [0.25, 0.3) is 0 Å². The van der Waals surface area contributed by atoms with Gasteiger partial charge in [-0.3, -0.25) is 4.79 Å². The molecule has 0 aromatic heterocycles. The summed E-state index contributed by atoms with van der Waals surface area (Å²) in [5.74, 6) is 0. The smallest absolute Gasteiger partial charge is 0.211 e. The van der Waals surface area contributed by atoms with Crippen molar-refractivity contribution in [3.8, 4) is 0 Å². The second-order valence-corrected chi connectivity index (χ2v) is 3.43. The average molecular weight is 199 g/mol. The van der Waals surface area contributed by atoms with E-state index in [0.29, 0.717) is 6.41 Å². The maximum absolute atomic E-state index is 10.5. The molecule has 15 heavy (non-hydrogen) atoms. The topological polar surface area (TPSA) is 29.1 Å². The molecule has 0 aliphatic carbocycles. The van der Waals surface area contributed by atoms with Crippen molar-refractivity contribution >= 4 is 22.9 Å². The summed E-state index contributed by atoms with van der Waals surface area (Å²) in [6.45, 7) is 2.13. The fourth-order valence-electron chi connectivity index (χ4n) is 1.87. The average Bonchev–Trinajstić information content (AvgIpc) is 2.29. The number of carbonyl (C=O) groups excluding carboxylic acids is 1. The van der Waals surface area contributed by atoms with Crippen LogP contribution in [0.1, 0.15) is 12.5 Å². The summed E-state index contributed by atoms with van der Waals surface area (Å²) in [5.41, 5.74) is 2.18. The van der Waals surface area contributed by atoms with Crippen molar-refractivity contribution < 1.29 is 4.79 Å². The lowest BCUT2D eigenvalue weighted by Crippen LogP contribution is -1.95. The SMILES string of the molecule is CCc1cccc2c(NC=O)cccc12. The first-order chi connectivity index (χ1) is 7.36. The first kappa shape index (κ1) is 9.71. The minimum Gasteiger partial charge on any atom is -0.328 e. The number of hydrogen-bond acceptors (Lipinski definition) is 1. The largest absolute Gasteiger partial charge is 0.328 e. The van der Waals surface area contributed by atoms with Gasteiger partial charge in [-0.1, -0.05) is 37.3 Å². The molecular formula is C13H13NO. The Hall–Kier alpha value is -1.83. The second-order valence-electron chi connectivity index (χ2n) is 3.43. The van der Waals surface area contributed by atoms with Gasteiger partial charge in [0.1, 0.15) is 0 Å². The predicted molar refractivity (Wildman–Crippen MR) is 63.0 cm³/mol. The molecule has 2 aromatic carbocycles. The summed E-state index contributed by atoms with van der Waals surface area (Å²) < 4.78 is 0. The summed E-state index contributed by atoms with van der Waals surface area (Å²) in [4.78, 5) is 10.5. The molecule has 0 heterocycles. The van der Waals surface area contributed by atoms with Gasteiger partial charge >= 0.3 is 0 Å². The highest BCUT2D eigenvalue weighted by Gasteiger charge is 2.02. The predicted octanol–water partition coefficient (Wildman–Crippen LogP) is 2.97. The molecule has 0 fully saturated rings. The third kappa shape index (κ3) is 1.71. The van der Waals surface area contributed by atoms with E-state index in [1.165, 1.54) is 10.9 Å². The van der Waals surface area contributed by atoms with Crippen LogP contribution >= 0.6 is 0 Å².